The molecule has 0 aliphatic heterocycles. The number of thioether (sulfide) groups is 1. The molecule has 2 aromatic heterocycles. The maximum absolute atomic E-state index is 12.1. The van der Waals surface area contributed by atoms with Gasteiger partial charge in [-0.15, -0.1) is 11.8 Å². The fraction of sp³-hybridized carbons (Fsp3) is 0.125. The third kappa shape index (κ3) is 2.96. The summed E-state index contributed by atoms with van der Waals surface area (Å²) < 4.78 is 1.57. The van der Waals surface area contributed by atoms with E-state index in [0.29, 0.717) is 11.4 Å². The number of halogens is 1. The lowest BCUT2D eigenvalue weighted by atomic mass is 10.3. The van der Waals surface area contributed by atoms with Crippen molar-refractivity contribution in [3.05, 3.63) is 75.3 Å². The van der Waals surface area contributed by atoms with Crippen molar-refractivity contribution < 1.29 is 0 Å². The van der Waals surface area contributed by atoms with E-state index >= 15 is 0 Å². The third-order valence-electron chi connectivity index (χ3n) is 3.15. The lowest BCUT2D eigenvalue weighted by molar-refractivity contribution is 1.00. The molecule has 0 fully saturated rings. The highest BCUT2D eigenvalue weighted by Crippen LogP contribution is 2.28. The molecule has 5 heteroatoms. The number of fused-ring (bicyclic) bond motifs is 1. The lowest BCUT2D eigenvalue weighted by Gasteiger charge is -2.07. The molecule has 3 aromatic rings. The molecule has 0 aliphatic carbocycles. The Labute approximate surface area is 131 Å². The largest absolute Gasteiger partial charge is 0.269 e. The summed E-state index contributed by atoms with van der Waals surface area (Å²) in [5, 5.41) is 0.719. The first-order chi connectivity index (χ1) is 10.1. The molecule has 3 rings (SSSR count). The zero-order valence-corrected chi connectivity index (χ0v) is 13.0. The Bertz CT molecular complexity index is 860. The summed E-state index contributed by atoms with van der Waals surface area (Å²) in [5.41, 5.74) is 2.40. The average Bonchev–Trinajstić information content (AvgIpc) is 2.48. The summed E-state index contributed by atoms with van der Waals surface area (Å²) in [6, 6.07) is 13.0. The smallest absolute Gasteiger partial charge is 0.258 e. The lowest BCUT2D eigenvalue weighted by Crippen LogP contribution is -2.15. The summed E-state index contributed by atoms with van der Waals surface area (Å²) in [7, 11) is 0. The minimum absolute atomic E-state index is 0.0570. The Kier molecular flexibility index (Phi) is 3.99. The molecule has 1 aromatic carbocycles. The van der Waals surface area contributed by atoms with E-state index in [0.717, 1.165) is 21.2 Å². The van der Waals surface area contributed by atoms with Gasteiger partial charge in [-0.25, -0.2) is 4.98 Å². The van der Waals surface area contributed by atoms with E-state index in [1.165, 1.54) is 0 Å². The van der Waals surface area contributed by atoms with Gasteiger partial charge in [-0.3, -0.25) is 9.20 Å². The monoisotopic (exact) mass is 316 g/mol. The van der Waals surface area contributed by atoms with E-state index in [1.54, 1.807) is 28.4 Å². The SMILES string of the molecule is Cc1cccn2c(=O)cc(CSc3ccccc3Cl)nc12. The van der Waals surface area contributed by atoms with Crippen LogP contribution in [0.3, 0.4) is 0 Å². The molecule has 106 valence electrons. The summed E-state index contributed by atoms with van der Waals surface area (Å²) in [6.07, 6.45) is 1.74. The molecule has 21 heavy (non-hydrogen) atoms. The van der Waals surface area contributed by atoms with Crippen molar-refractivity contribution in [2.75, 3.05) is 0 Å². The Balaban J connectivity index is 1.93. The number of nitrogens with zero attached hydrogens (tertiary/aromatic N) is 2. The van der Waals surface area contributed by atoms with Crippen LogP contribution in [0.2, 0.25) is 5.02 Å². The van der Waals surface area contributed by atoms with E-state index in [9.17, 15) is 4.79 Å². The van der Waals surface area contributed by atoms with Gasteiger partial charge in [0, 0.05) is 22.9 Å². The van der Waals surface area contributed by atoms with Gasteiger partial charge in [0.15, 0.2) is 0 Å². The molecule has 0 amide bonds. The van der Waals surface area contributed by atoms with Gasteiger partial charge in [0.25, 0.3) is 5.56 Å². The Hall–Kier alpha value is -1.78. The number of aromatic nitrogens is 2. The van der Waals surface area contributed by atoms with Gasteiger partial charge in [-0.05, 0) is 30.7 Å². The first kappa shape index (κ1) is 14.2. The predicted molar refractivity (Wildman–Crippen MR) is 87.2 cm³/mol. The molecule has 0 bridgehead atoms. The van der Waals surface area contributed by atoms with Crippen molar-refractivity contribution >= 4 is 29.0 Å². The van der Waals surface area contributed by atoms with Crippen LogP contribution >= 0.6 is 23.4 Å². The second-order valence-corrected chi connectivity index (χ2v) is 6.11. The van der Waals surface area contributed by atoms with E-state index in [4.69, 9.17) is 11.6 Å². The van der Waals surface area contributed by atoms with Crippen molar-refractivity contribution in [2.24, 2.45) is 0 Å². The van der Waals surface area contributed by atoms with Crippen LogP contribution in [-0.2, 0) is 5.75 Å². The molecular formula is C16H13ClN2OS. The zero-order chi connectivity index (χ0) is 14.8. The van der Waals surface area contributed by atoms with Crippen molar-refractivity contribution in [3.8, 4) is 0 Å². The molecule has 0 saturated heterocycles. The van der Waals surface area contributed by atoms with Crippen molar-refractivity contribution in [3.63, 3.8) is 0 Å². The second-order valence-electron chi connectivity index (χ2n) is 4.69. The molecule has 0 saturated carbocycles. The number of benzene rings is 1. The fourth-order valence-electron chi connectivity index (χ4n) is 2.10. The second kappa shape index (κ2) is 5.92. The average molecular weight is 317 g/mol. The number of hydrogen-bond donors (Lipinski definition) is 0. The molecule has 3 nitrogen and oxygen atoms in total. The number of pyridine rings is 1. The third-order valence-corrected chi connectivity index (χ3v) is 4.70. The first-order valence-corrected chi connectivity index (χ1v) is 7.87. The van der Waals surface area contributed by atoms with Gasteiger partial charge < -0.3 is 0 Å². The van der Waals surface area contributed by atoms with E-state index in [2.05, 4.69) is 4.98 Å². The van der Waals surface area contributed by atoms with E-state index in [-0.39, 0.29) is 5.56 Å². The van der Waals surface area contributed by atoms with Crippen LogP contribution in [0.1, 0.15) is 11.3 Å². The van der Waals surface area contributed by atoms with Gasteiger partial charge in [-0.2, -0.15) is 0 Å². The minimum Gasteiger partial charge on any atom is -0.269 e. The van der Waals surface area contributed by atoms with Crippen LogP contribution in [0.5, 0.6) is 0 Å². The van der Waals surface area contributed by atoms with Crippen LogP contribution in [0, 0.1) is 6.92 Å². The predicted octanol–water partition coefficient (Wildman–Crippen LogP) is 3.95. The molecule has 0 radical (unpaired) electrons. The minimum atomic E-state index is -0.0570. The maximum Gasteiger partial charge on any atom is 0.258 e. The molecule has 0 spiro atoms. The van der Waals surface area contributed by atoms with Gasteiger partial charge in [-0.1, -0.05) is 29.8 Å². The number of hydrogen-bond acceptors (Lipinski definition) is 3. The summed E-state index contributed by atoms with van der Waals surface area (Å²) in [4.78, 5) is 17.7. The van der Waals surface area contributed by atoms with Crippen molar-refractivity contribution in [2.45, 2.75) is 17.6 Å². The maximum atomic E-state index is 12.1. The van der Waals surface area contributed by atoms with Gasteiger partial charge in [0.05, 0.1) is 10.7 Å². The van der Waals surface area contributed by atoms with Crippen LogP contribution in [0.4, 0.5) is 0 Å². The highest BCUT2D eigenvalue weighted by Gasteiger charge is 2.06. The molecular weight excluding hydrogens is 304 g/mol. The summed E-state index contributed by atoms with van der Waals surface area (Å²) in [5.74, 6) is 0.615. The molecule has 0 atom stereocenters. The standard InChI is InChI=1S/C16H13ClN2OS/c1-11-5-4-8-19-15(20)9-12(18-16(11)19)10-21-14-7-3-2-6-13(14)17/h2-9H,10H2,1H3. The summed E-state index contributed by atoms with van der Waals surface area (Å²) >= 11 is 7.72. The molecule has 0 N–H and O–H groups in total. The highest BCUT2D eigenvalue weighted by atomic mass is 35.5. The normalized spacial score (nSPS) is 11.0. The number of rotatable bonds is 3. The molecule has 0 unspecified atom stereocenters. The van der Waals surface area contributed by atoms with Gasteiger partial charge in [0.1, 0.15) is 5.65 Å². The Morgan fingerprint density at radius 1 is 1.24 bits per heavy atom. The number of aryl methyl sites for hydroxylation is 1. The first-order valence-electron chi connectivity index (χ1n) is 6.50. The van der Waals surface area contributed by atoms with Crippen molar-refractivity contribution in [1.29, 1.82) is 0 Å². The highest BCUT2D eigenvalue weighted by molar-refractivity contribution is 7.98. The van der Waals surface area contributed by atoms with Crippen molar-refractivity contribution in [1.82, 2.24) is 9.38 Å². The van der Waals surface area contributed by atoms with E-state index in [1.807, 2.05) is 43.3 Å². The van der Waals surface area contributed by atoms with Gasteiger partial charge >= 0.3 is 0 Å². The van der Waals surface area contributed by atoms with Crippen LogP contribution in [0.15, 0.2) is 58.4 Å². The molecule has 0 aliphatic rings. The van der Waals surface area contributed by atoms with Crippen LogP contribution in [-0.4, -0.2) is 9.38 Å². The quantitative estimate of drug-likeness (QED) is 0.686. The van der Waals surface area contributed by atoms with Crippen LogP contribution in [0.25, 0.3) is 5.65 Å². The van der Waals surface area contributed by atoms with Crippen LogP contribution < -0.4 is 5.56 Å². The fourth-order valence-corrected chi connectivity index (χ4v) is 3.23. The summed E-state index contributed by atoms with van der Waals surface area (Å²) in [6.45, 7) is 1.95. The topological polar surface area (TPSA) is 34.4 Å². The molecule has 2 heterocycles. The Morgan fingerprint density at radius 3 is 2.86 bits per heavy atom. The van der Waals surface area contributed by atoms with Gasteiger partial charge in [0.2, 0.25) is 0 Å². The zero-order valence-electron chi connectivity index (χ0n) is 11.4. The van der Waals surface area contributed by atoms with E-state index < -0.39 is 0 Å². The Morgan fingerprint density at radius 2 is 2.05 bits per heavy atom.